The van der Waals surface area contributed by atoms with Gasteiger partial charge in [-0.15, -0.1) is 56.7 Å². The number of fused-ring (bicyclic) bond motifs is 4. The lowest BCUT2D eigenvalue weighted by molar-refractivity contribution is -0.114. The fourth-order valence-electron chi connectivity index (χ4n) is 17.9. The van der Waals surface area contributed by atoms with Crippen LogP contribution in [0.2, 0.25) is 0 Å². The van der Waals surface area contributed by atoms with Crippen molar-refractivity contribution in [3.05, 3.63) is 301 Å². The normalized spacial score (nSPS) is 12.3. The summed E-state index contributed by atoms with van der Waals surface area (Å²) in [5, 5.41) is 27.9. The summed E-state index contributed by atoms with van der Waals surface area (Å²) in [4.78, 5) is 98.4. The molecule has 23 aromatic rings. The van der Waals surface area contributed by atoms with Gasteiger partial charge in [-0.2, -0.15) is 20.4 Å². The Bertz CT molecular complexity index is 8670. The van der Waals surface area contributed by atoms with E-state index in [1.165, 1.54) is 35.7 Å². The third kappa shape index (κ3) is 21.4. The number of rotatable bonds is 27. The maximum Gasteiger partial charge on any atom is 0.222 e. The highest BCUT2D eigenvalue weighted by Gasteiger charge is 2.30. The lowest BCUT2D eigenvalue weighted by Crippen LogP contribution is -2.36. The van der Waals surface area contributed by atoms with Crippen LogP contribution in [0, 0.1) is 34.6 Å². The van der Waals surface area contributed by atoms with Crippen molar-refractivity contribution in [1.29, 1.82) is 0 Å². The molecule has 35 nitrogen and oxygen atoms in total. The number of unbranched alkanes of at least 4 members (excludes halogenated alkanes) is 3. The van der Waals surface area contributed by atoms with Gasteiger partial charge in [0.2, 0.25) is 5.91 Å². The summed E-state index contributed by atoms with van der Waals surface area (Å²) in [5.74, 6) is 5.87. The molecule has 0 saturated carbocycles. The number of thiazole rings is 5. The molecule has 40 heteroatoms. The number of hydrogen-bond acceptors (Lipinski definition) is 30. The van der Waals surface area contributed by atoms with Gasteiger partial charge in [-0.1, -0.05) is 103 Å². The Morgan fingerprint density at radius 1 is 0.480 bits per heavy atom. The molecule has 0 unspecified atom stereocenters. The molecular formula is C110H104N32O3S5. The molecular weight excluding hydrogens is 1980 g/mol. The van der Waals surface area contributed by atoms with Crippen molar-refractivity contribution in [3.63, 3.8) is 0 Å². The van der Waals surface area contributed by atoms with E-state index in [0.29, 0.717) is 18.2 Å². The fourth-order valence-corrected chi connectivity index (χ4v) is 23.5. The molecule has 752 valence electrons. The lowest BCUT2D eigenvalue weighted by Gasteiger charge is -2.27. The monoisotopic (exact) mass is 2080 g/mol. The molecule has 0 bridgehead atoms. The highest BCUT2D eigenvalue weighted by Crippen LogP contribution is 2.48. The molecule has 0 atom stereocenters. The van der Waals surface area contributed by atoms with Crippen LogP contribution >= 0.6 is 56.7 Å². The van der Waals surface area contributed by atoms with Crippen molar-refractivity contribution in [2.45, 2.75) is 86.5 Å². The summed E-state index contributed by atoms with van der Waals surface area (Å²) in [7, 11) is 3.58. The number of ether oxygens (including phenoxy) is 2. The maximum absolute atomic E-state index is 11.3. The number of amidine groups is 1. The Morgan fingerprint density at radius 3 is 1.53 bits per heavy atom. The number of nitrogens with zero attached hydrogens (tertiary/aromatic N) is 25. The number of morpholine rings is 1. The van der Waals surface area contributed by atoms with Crippen molar-refractivity contribution in [2.24, 2.45) is 28.5 Å². The van der Waals surface area contributed by atoms with Gasteiger partial charge in [0.15, 0.2) is 11.7 Å². The summed E-state index contributed by atoms with van der Waals surface area (Å²) >= 11 is 8.00. The number of aliphatic imine (C=N–C) groups is 2. The van der Waals surface area contributed by atoms with Crippen molar-refractivity contribution >= 4 is 109 Å². The van der Waals surface area contributed by atoms with Crippen LogP contribution in [0.3, 0.4) is 0 Å². The highest BCUT2D eigenvalue weighted by molar-refractivity contribution is 7.20. The van der Waals surface area contributed by atoms with E-state index in [1.807, 2.05) is 195 Å². The van der Waals surface area contributed by atoms with Crippen molar-refractivity contribution < 1.29 is 14.3 Å². The number of nitrogens with two attached hydrogens (primary N) is 2. The average molecular weight is 2080 g/mol. The number of hydrogen-bond donors (Lipinski definition) is 7. The molecule has 0 aliphatic carbocycles. The van der Waals surface area contributed by atoms with E-state index in [1.54, 1.807) is 83.4 Å². The van der Waals surface area contributed by atoms with Crippen LogP contribution in [0.4, 0.5) is 11.6 Å². The minimum Gasteiger partial charge on any atom is -0.497 e. The number of imidazole rings is 5. The van der Waals surface area contributed by atoms with Crippen LogP contribution in [0.1, 0.15) is 83.5 Å². The zero-order valence-corrected chi connectivity index (χ0v) is 87.4. The lowest BCUT2D eigenvalue weighted by atomic mass is 10.1. The number of methoxy groups -OCH3 is 1. The zero-order chi connectivity index (χ0) is 103. The predicted octanol–water partition coefficient (Wildman–Crippen LogP) is 21.6. The summed E-state index contributed by atoms with van der Waals surface area (Å²) in [5.41, 5.74) is 37.2. The van der Waals surface area contributed by atoms with E-state index < -0.39 is 0 Å². The molecule has 25 rings (SSSR count). The second kappa shape index (κ2) is 45.2. The maximum atomic E-state index is 11.3. The number of pyridine rings is 6. The van der Waals surface area contributed by atoms with Crippen LogP contribution in [0.5, 0.6) is 5.75 Å². The van der Waals surface area contributed by atoms with Gasteiger partial charge in [0.1, 0.15) is 88.9 Å². The van der Waals surface area contributed by atoms with Crippen LogP contribution in [-0.4, -0.2) is 199 Å². The van der Waals surface area contributed by atoms with Gasteiger partial charge in [-0.05, 0) is 170 Å². The molecule has 20 aromatic heterocycles. The number of aromatic nitrogens is 26. The molecule has 150 heavy (non-hydrogen) atoms. The number of nitrogens with one attached hydrogen (secondary N) is 5. The van der Waals surface area contributed by atoms with E-state index in [2.05, 4.69) is 180 Å². The fraction of sp³-hybridized carbons (Fsp3) is 0.200. The standard InChI is InChI=1S/C25H26N6S.C24H24N6S.C22H20N8OS.C20H17N5O2S.C19H17N7S/c1-17-22(31-16-18(8-4-3-7-13-26)11-12-20(31)29-17)25-30-21(19-9-5-2-6-10-19)23(32-25)24-27-14-15-28-24;1-16-21(30-15-17(7-5-6-12-25)10-11-19(30)28-16)24-29-20(18-8-3-2-4-9-18)22(31-24)23-26-13-14-27-23;1-14-18(16-4-2-3-7-30(16)28-14)22-26-19(20(32-22)21-24-13-25-27-21)15-5-6-17(23-12-15)29-8-10-31-11-9-29;1-12(26)24-16-11-14(6-7-21-16)20-25-17(13-4-3-5-15(10-13)27-2)18(28-20)19-22-8-9-23-19;1-11-15(14-6-4-5-9-26(14)24-11)19-23-16(13-10-22-25(3)12(13)2)17(27-19)18-20-7-8-21-18/h2,5-6,9-12,14-16H,3-4,7-8,13,26H2,1H3,(H,27,28);2-4,8-11,13-15H,5-7,12,25H2,1H3,(H,26,27);2-7,12-13H,8-11H2,1H3,(H,24,25,27);3-11H,1-2H3,(H,22,23)(H,21,24,26);4-7,9-10H,8H2,1-3H3. The number of amides is 1. The predicted molar refractivity (Wildman–Crippen MR) is 596 cm³/mol. The van der Waals surface area contributed by atoms with Gasteiger partial charge >= 0.3 is 0 Å². The molecule has 0 spiro atoms. The summed E-state index contributed by atoms with van der Waals surface area (Å²) in [6.45, 7) is 16.9. The number of H-pyrrole nitrogens is 4. The summed E-state index contributed by atoms with van der Waals surface area (Å²) in [6, 6.07) is 56.7. The van der Waals surface area contributed by atoms with Crippen molar-refractivity contribution in [1.82, 2.24) is 128 Å². The molecule has 2 aliphatic rings. The molecule has 2 aliphatic heterocycles. The highest BCUT2D eigenvalue weighted by atomic mass is 32.1. The molecule has 1 amide bonds. The Labute approximate surface area is 881 Å². The van der Waals surface area contributed by atoms with Gasteiger partial charge in [0.05, 0.1) is 131 Å². The summed E-state index contributed by atoms with van der Waals surface area (Å²) < 4.78 is 20.8. The third-order valence-electron chi connectivity index (χ3n) is 25.3. The van der Waals surface area contributed by atoms with Gasteiger partial charge in [0.25, 0.3) is 0 Å². The first-order valence-corrected chi connectivity index (χ1v) is 53.1. The third-order valence-corrected chi connectivity index (χ3v) is 30.7. The van der Waals surface area contributed by atoms with Crippen LogP contribution in [0.15, 0.2) is 267 Å². The van der Waals surface area contributed by atoms with Crippen LogP contribution < -0.4 is 26.4 Å². The van der Waals surface area contributed by atoms with Crippen molar-refractivity contribution in [3.8, 4) is 158 Å². The van der Waals surface area contributed by atoms with E-state index >= 15 is 0 Å². The quantitative estimate of drug-likeness (QED) is 0.0235. The number of carbonyl (C=O) groups is 1. The van der Waals surface area contributed by atoms with Gasteiger partial charge in [-0.25, -0.2) is 78.8 Å². The van der Waals surface area contributed by atoms with Crippen molar-refractivity contribution in [2.75, 3.05) is 63.3 Å². The Hall–Kier alpha value is -16.9. The Kier molecular flexibility index (Phi) is 29.9. The number of aromatic amines is 4. The Morgan fingerprint density at radius 2 is 1.01 bits per heavy atom. The van der Waals surface area contributed by atoms with E-state index in [9.17, 15) is 4.79 Å². The van der Waals surface area contributed by atoms with Gasteiger partial charge in [0, 0.05) is 147 Å². The van der Waals surface area contributed by atoms with E-state index in [-0.39, 0.29) is 5.91 Å². The number of benzene rings is 3. The zero-order valence-electron chi connectivity index (χ0n) is 83.3. The topological polar surface area (TPSA) is 432 Å². The molecule has 0 radical (unpaired) electrons. The average Bonchev–Trinajstić information content (AvgIpc) is 1.56. The number of aryl methyl sites for hydroxylation is 7. The van der Waals surface area contributed by atoms with E-state index in [0.717, 1.165) is 304 Å². The summed E-state index contributed by atoms with van der Waals surface area (Å²) in [6.07, 6.45) is 35.3. The van der Waals surface area contributed by atoms with Gasteiger partial charge in [-0.3, -0.25) is 28.4 Å². The first kappa shape index (κ1) is 99.1. The first-order chi connectivity index (χ1) is 73.5. The largest absolute Gasteiger partial charge is 0.497 e. The second-order valence-corrected chi connectivity index (χ2v) is 40.4. The van der Waals surface area contributed by atoms with Crippen LogP contribution in [0.25, 0.3) is 175 Å². The number of anilines is 2. The molecule has 1 fully saturated rings. The van der Waals surface area contributed by atoms with Crippen LogP contribution in [-0.2, 0) is 29.4 Å². The molecule has 22 heterocycles. The minimum absolute atomic E-state index is 0.169. The smallest absolute Gasteiger partial charge is 0.222 e. The first-order valence-electron chi connectivity index (χ1n) is 49.0. The number of carbonyl (C=O) groups excluding carboxylic acids is 1. The SMILES string of the molecule is COc1cccc(-c2nc(-c3ccnc(NC(C)=O)c3)sc2-c2ncc[nH]2)c1.Cc1nc2ccc(CCCCCN)cn2c1-c1nc(-c2ccccc2)c(-c2ncc[nH]2)s1.Cc1nc2ccc(CCCCN)cn2c1-c1nc(-c2ccccc2)c(-c2ncc[nH]2)s1.Cc1nn2ccccc2c1-c1nc(-c2ccc(N3CCOCC3)nc2)c(-c2ncn[nH]2)s1.Cc1nn2ccccc2c1-c1nc(-c2cnn(C)c2C)c(C2=NCC=N2)s1. The minimum atomic E-state index is -0.169. The second-order valence-electron chi connectivity index (χ2n) is 35.4. The molecule has 3 aromatic carbocycles. The molecule has 9 N–H and O–H groups in total. The molecule has 1 saturated heterocycles. The van der Waals surface area contributed by atoms with E-state index in [4.69, 9.17) is 60.8 Å². The van der Waals surface area contributed by atoms with Gasteiger partial charge < -0.3 is 46.1 Å². The Balaban J connectivity index is 0.000000110.